The van der Waals surface area contributed by atoms with Gasteiger partial charge >= 0.3 is 6.18 Å². The maximum absolute atomic E-state index is 11.8. The minimum Gasteiger partial charge on any atom is -0.263 e. The highest BCUT2D eigenvalue weighted by Crippen LogP contribution is 2.17. The summed E-state index contributed by atoms with van der Waals surface area (Å²) in [5.41, 5.74) is 1.42. The molecule has 0 radical (unpaired) electrons. The van der Waals surface area contributed by atoms with Gasteiger partial charge in [0.05, 0.1) is 5.69 Å². The van der Waals surface area contributed by atoms with Gasteiger partial charge in [0.1, 0.15) is 6.54 Å². The molecule has 0 bridgehead atoms. The summed E-state index contributed by atoms with van der Waals surface area (Å²) in [5, 5.41) is 3.69. The van der Waals surface area contributed by atoms with Gasteiger partial charge in [-0.2, -0.15) is 18.3 Å². The van der Waals surface area contributed by atoms with E-state index in [9.17, 15) is 13.2 Å². The SMILES string of the molecule is Cc1cn(CC(F)(F)F)nc1C. The molecule has 0 amide bonds. The van der Waals surface area contributed by atoms with Crippen LogP contribution in [0.25, 0.3) is 0 Å². The zero-order chi connectivity index (χ0) is 9.35. The van der Waals surface area contributed by atoms with Gasteiger partial charge in [-0.1, -0.05) is 0 Å². The summed E-state index contributed by atoms with van der Waals surface area (Å²) in [6.45, 7) is 2.40. The Morgan fingerprint density at radius 1 is 1.42 bits per heavy atom. The summed E-state index contributed by atoms with van der Waals surface area (Å²) in [6.07, 6.45) is -2.80. The van der Waals surface area contributed by atoms with Crippen LogP contribution in [0.4, 0.5) is 13.2 Å². The Morgan fingerprint density at radius 2 is 2.00 bits per heavy atom. The molecule has 1 heterocycles. The summed E-state index contributed by atoms with van der Waals surface area (Å²) in [6, 6.07) is 0. The van der Waals surface area contributed by atoms with Gasteiger partial charge in [0.15, 0.2) is 0 Å². The van der Waals surface area contributed by atoms with Crippen LogP contribution in [0.1, 0.15) is 11.3 Å². The Hall–Kier alpha value is -1.00. The van der Waals surface area contributed by atoms with Crippen LogP contribution in [0.2, 0.25) is 0 Å². The highest BCUT2D eigenvalue weighted by atomic mass is 19.4. The van der Waals surface area contributed by atoms with Crippen molar-refractivity contribution < 1.29 is 13.2 Å². The first-order chi connectivity index (χ1) is 5.38. The Labute approximate surface area is 68.0 Å². The van der Waals surface area contributed by atoms with Crippen molar-refractivity contribution in [2.75, 3.05) is 0 Å². The summed E-state index contributed by atoms with van der Waals surface area (Å²) in [4.78, 5) is 0. The van der Waals surface area contributed by atoms with Gasteiger partial charge in [0, 0.05) is 6.20 Å². The average Bonchev–Trinajstić information content (AvgIpc) is 2.07. The van der Waals surface area contributed by atoms with Crippen molar-refractivity contribution >= 4 is 0 Å². The van der Waals surface area contributed by atoms with Crippen LogP contribution in [0, 0.1) is 13.8 Å². The van der Waals surface area contributed by atoms with Crippen molar-refractivity contribution in [2.24, 2.45) is 0 Å². The third kappa shape index (κ3) is 2.25. The minimum absolute atomic E-state index is 0.638. The molecule has 0 aromatic carbocycles. The molecule has 0 fully saturated rings. The van der Waals surface area contributed by atoms with Gasteiger partial charge in [-0.3, -0.25) is 4.68 Å². The molecule has 12 heavy (non-hydrogen) atoms. The molecule has 0 atom stereocenters. The average molecular weight is 178 g/mol. The maximum Gasteiger partial charge on any atom is 0.408 e. The van der Waals surface area contributed by atoms with Crippen LogP contribution in [-0.4, -0.2) is 16.0 Å². The summed E-state index contributed by atoms with van der Waals surface area (Å²) in [5.74, 6) is 0. The number of alkyl halides is 3. The Morgan fingerprint density at radius 3 is 2.33 bits per heavy atom. The van der Waals surface area contributed by atoms with E-state index in [2.05, 4.69) is 5.10 Å². The monoisotopic (exact) mass is 178 g/mol. The molecular weight excluding hydrogens is 169 g/mol. The first-order valence-electron chi connectivity index (χ1n) is 3.46. The number of aromatic nitrogens is 2. The van der Waals surface area contributed by atoms with E-state index in [4.69, 9.17) is 0 Å². The van der Waals surface area contributed by atoms with Crippen LogP contribution >= 0.6 is 0 Å². The predicted octanol–water partition coefficient (Wildman–Crippen LogP) is 2.06. The van der Waals surface area contributed by atoms with Gasteiger partial charge < -0.3 is 0 Å². The molecular formula is C7H9F3N2. The van der Waals surface area contributed by atoms with E-state index in [0.717, 1.165) is 10.2 Å². The lowest BCUT2D eigenvalue weighted by Gasteiger charge is -2.04. The van der Waals surface area contributed by atoms with Crippen molar-refractivity contribution in [3.63, 3.8) is 0 Å². The van der Waals surface area contributed by atoms with E-state index in [1.165, 1.54) is 6.20 Å². The topological polar surface area (TPSA) is 17.8 Å². The van der Waals surface area contributed by atoms with Crippen LogP contribution in [-0.2, 0) is 6.54 Å². The van der Waals surface area contributed by atoms with Crippen LogP contribution in [0.15, 0.2) is 6.20 Å². The van der Waals surface area contributed by atoms with Gasteiger partial charge in [-0.15, -0.1) is 0 Å². The number of rotatable bonds is 1. The second-order valence-corrected chi connectivity index (χ2v) is 2.71. The largest absolute Gasteiger partial charge is 0.408 e. The molecule has 0 saturated heterocycles. The molecule has 5 heteroatoms. The Bertz CT molecular complexity index is 255. The molecule has 1 rings (SSSR count). The van der Waals surface area contributed by atoms with E-state index in [1.54, 1.807) is 13.8 Å². The number of nitrogens with zero attached hydrogens (tertiary/aromatic N) is 2. The third-order valence-corrected chi connectivity index (χ3v) is 1.53. The number of hydrogen-bond donors (Lipinski definition) is 0. The highest BCUT2D eigenvalue weighted by Gasteiger charge is 2.28. The molecule has 0 aliphatic carbocycles. The molecule has 0 saturated carbocycles. The first kappa shape index (κ1) is 9.09. The van der Waals surface area contributed by atoms with Crippen molar-refractivity contribution in [3.05, 3.63) is 17.5 Å². The molecule has 0 aliphatic heterocycles. The number of aryl methyl sites for hydroxylation is 2. The lowest BCUT2D eigenvalue weighted by atomic mass is 10.3. The molecule has 68 valence electrons. The summed E-state index contributed by atoms with van der Waals surface area (Å²) >= 11 is 0. The molecule has 0 unspecified atom stereocenters. The molecule has 0 spiro atoms. The standard InChI is InChI=1S/C7H9F3N2/c1-5-3-12(11-6(5)2)4-7(8,9)10/h3H,4H2,1-2H3. The smallest absolute Gasteiger partial charge is 0.263 e. The molecule has 0 aliphatic rings. The fourth-order valence-corrected chi connectivity index (χ4v) is 0.882. The molecule has 0 N–H and O–H groups in total. The molecule has 2 nitrogen and oxygen atoms in total. The van der Waals surface area contributed by atoms with E-state index >= 15 is 0 Å². The first-order valence-corrected chi connectivity index (χ1v) is 3.46. The fraction of sp³-hybridized carbons (Fsp3) is 0.571. The van der Waals surface area contributed by atoms with Crippen LogP contribution in [0.5, 0.6) is 0 Å². The van der Waals surface area contributed by atoms with Crippen LogP contribution < -0.4 is 0 Å². The summed E-state index contributed by atoms with van der Waals surface area (Å²) < 4.78 is 36.4. The highest BCUT2D eigenvalue weighted by molar-refractivity contribution is 5.12. The zero-order valence-electron chi connectivity index (χ0n) is 6.81. The number of halogens is 3. The Balaban J connectivity index is 2.77. The van der Waals surface area contributed by atoms with Crippen molar-refractivity contribution in [2.45, 2.75) is 26.6 Å². The second-order valence-electron chi connectivity index (χ2n) is 2.71. The lowest BCUT2D eigenvalue weighted by Crippen LogP contribution is -2.17. The van der Waals surface area contributed by atoms with Crippen molar-refractivity contribution in [3.8, 4) is 0 Å². The zero-order valence-corrected chi connectivity index (χ0v) is 6.81. The minimum atomic E-state index is -4.19. The van der Waals surface area contributed by atoms with E-state index in [1.807, 2.05) is 0 Å². The predicted molar refractivity (Wildman–Crippen MR) is 37.8 cm³/mol. The number of hydrogen-bond acceptors (Lipinski definition) is 1. The van der Waals surface area contributed by atoms with Gasteiger partial charge in [-0.05, 0) is 19.4 Å². The maximum atomic E-state index is 11.8. The molecule has 1 aromatic rings. The molecule has 1 aromatic heterocycles. The van der Waals surface area contributed by atoms with E-state index in [-0.39, 0.29) is 0 Å². The van der Waals surface area contributed by atoms with Gasteiger partial charge in [0.2, 0.25) is 0 Å². The van der Waals surface area contributed by atoms with Crippen molar-refractivity contribution in [1.29, 1.82) is 0 Å². The van der Waals surface area contributed by atoms with E-state index in [0.29, 0.717) is 5.69 Å². The van der Waals surface area contributed by atoms with Gasteiger partial charge in [-0.25, -0.2) is 0 Å². The lowest BCUT2D eigenvalue weighted by molar-refractivity contribution is -0.142. The normalized spacial score (nSPS) is 12.1. The Kier molecular flexibility index (Phi) is 2.12. The fourth-order valence-electron chi connectivity index (χ4n) is 0.882. The second kappa shape index (κ2) is 2.80. The summed E-state index contributed by atoms with van der Waals surface area (Å²) in [7, 11) is 0. The van der Waals surface area contributed by atoms with E-state index < -0.39 is 12.7 Å². The van der Waals surface area contributed by atoms with Crippen LogP contribution in [0.3, 0.4) is 0 Å². The van der Waals surface area contributed by atoms with Crippen molar-refractivity contribution in [1.82, 2.24) is 9.78 Å². The van der Waals surface area contributed by atoms with Gasteiger partial charge in [0.25, 0.3) is 0 Å². The quantitative estimate of drug-likeness (QED) is 0.643. The third-order valence-electron chi connectivity index (χ3n) is 1.53.